The third-order valence-electron chi connectivity index (χ3n) is 15.3. The molecule has 14 aromatic rings. The molecule has 12 aromatic carbocycles. The summed E-state index contributed by atoms with van der Waals surface area (Å²) >= 11 is 0. The van der Waals surface area contributed by atoms with Crippen LogP contribution in [0.3, 0.4) is 0 Å². The molecule has 0 fully saturated rings. The predicted octanol–water partition coefficient (Wildman–Crippen LogP) is 20.0. The number of hydrogen-bond donors (Lipinski definition) is 0. The van der Waals surface area contributed by atoms with Crippen molar-refractivity contribution in [1.82, 2.24) is 9.97 Å². The molecule has 0 N–H and O–H groups in total. The summed E-state index contributed by atoms with van der Waals surface area (Å²) in [7, 11) is 0. The number of benzene rings is 12. The Kier molecular flexibility index (Phi) is 11.9. The molecule has 2 heterocycles. The van der Waals surface area contributed by atoms with Crippen LogP contribution in [0.2, 0.25) is 0 Å². The van der Waals surface area contributed by atoms with Gasteiger partial charge in [-0.05, 0) is 173 Å². The first-order valence-electron chi connectivity index (χ1n) is 26.4. The zero-order valence-electron chi connectivity index (χ0n) is 43.1. The number of aromatic nitrogens is 2. The lowest BCUT2D eigenvalue weighted by atomic mass is 9.86. The van der Waals surface area contributed by atoms with E-state index < -0.39 is 0 Å². The second-order valence-corrected chi connectivity index (χ2v) is 19.8. The summed E-state index contributed by atoms with van der Waals surface area (Å²) in [5, 5.41) is 10.1. The van der Waals surface area contributed by atoms with E-state index in [0.29, 0.717) is 11.8 Å². The zero-order valence-corrected chi connectivity index (χ0v) is 43.1. The normalized spacial score (nSPS) is 11.5. The predicted molar refractivity (Wildman–Crippen MR) is 319 cm³/mol. The van der Waals surface area contributed by atoms with E-state index in [1.807, 2.05) is 0 Å². The van der Waals surface area contributed by atoms with Crippen molar-refractivity contribution in [1.29, 1.82) is 0 Å². The van der Waals surface area contributed by atoms with Crippen molar-refractivity contribution in [3.8, 4) is 67.4 Å². The maximum absolute atomic E-state index is 6.36. The summed E-state index contributed by atoms with van der Waals surface area (Å²) in [6.45, 7) is 8.54. The molecule has 0 saturated heterocycles. The Labute approximate surface area is 442 Å². The molecule has 14 rings (SSSR count). The summed E-state index contributed by atoms with van der Waals surface area (Å²) in [6, 6.07) is 82.3. The molecule has 0 aliphatic heterocycles. The topological polar surface area (TPSA) is 52.1 Å². The Morgan fingerprint density at radius 3 is 1.04 bits per heavy atom. The maximum atomic E-state index is 6.36. The minimum Gasteiger partial charge on any atom is -0.436 e. The van der Waals surface area contributed by atoms with Crippen molar-refractivity contribution in [3.05, 3.63) is 253 Å². The molecule has 76 heavy (non-hydrogen) atoms. The summed E-state index contributed by atoms with van der Waals surface area (Å²) in [6.07, 6.45) is 1.86. The molecule has 0 aliphatic carbocycles. The fourth-order valence-corrected chi connectivity index (χ4v) is 11.4. The van der Waals surface area contributed by atoms with Crippen LogP contribution < -0.4 is 0 Å². The van der Waals surface area contributed by atoms with Gasteiger partial charge < -0.3 is 8.83 Å². The fraction of sp³-hybridized carbons (Fsp3) is 0.0833. The minimum absolute atomic E-state index is 0.653. The molecular weight excluding hydrogens is 925 g/mol. The minimum atomic E-state index is 0.653. The van der Waals surface area contributed by atoms with Crippen LogP contribution in [-0.4, -0.2) is 9.97 Å². The van der Waals surface area contributed by atoms with E-state index in [1.165, 1.54) is 110 Å². The number of hydrogen-bond acceptors (Lipinski definition) is 4. The van der Waals surface area contributed by atoms with Gasteiger partial charge in [0.05, 0.1) is 0 Å². The third-order valence-corrected chi connectivity index (χ3v) is 15.3. The molecular formula is C72H54N2O2. The largest absolute Gasteiger partial charge is 0.436 e. The lowest BCUT2D eigenvalue weighted by Crippen LogP contribution is -1.90. The summed E-state index contributed by atoms with van der Waals surface area (Å²) in [4.78, 5) is 9.71. The molecule has 4 nitrogen and oxygen atoms in total. The zero-order chi connectivity index (χ0) is 51.3. The Bertz CT molecular complexity index is 4280. The van der Waals surface area contributed by atoms with Crippen LogP contribution in [-0.2, 0) is 12.8 Å². The van der Waals surface area contributed by atoms with Gasteiger partial charge in [-0.2, -0.15) is 0 Å². The van der Waals surface area contributed by atoms with Gasteiger partial charge in [-0.15, -0.1) is 0 Å². The Hall–Kier alpha value is -9.38. The molecule has 0 spiro atoms. The molecule has 0 unspecified atom stereocenters. The van der Waals surface area contributed by atoms with Crippen LogP contribution in [0.5, 0.6) is 0 Å². The van der Waals surface area contributed by atoms with E-state index in [-0.39, 0.29) is 0 Å². The number of aryl methyl sites for hydroxylation is 4. The molecule has 2 aromatic heterocycles. The smallest absolute Gasteiger partial charge is 0.227 e. The van der Waals surface area contributed by atoms with Crippen LogP contribution >= 0.6 is 0 Å². The van der Waals surface area contributed by atoms with Crippen molar-refractivity contribution in [2.45, 2.75) is 40.5 Å². The van der Waals surface area contributed by atoms with Gasteiger partial charge >= 0.3 is 0 Å². The molecule has 0 atom stereocenters. The van der Waals surface area contributed by atoms with E-state index in [0.717, 1.165) is 46.2 Å². The average molecular weight is 979 g/mol. The molecule has 4 heteroatoms. The van der Waals surface area contributed by atoms with E-state index >= 15 is 0 Å². The van der Waals surface area contributed by atoms with Crippen LogP contribution in [0.1, 0.15) is 36.1 Å². The van der Waals surface area contributed by atoms with Gasteiger partial charge in [-0.1, -0.05) is 208 Å². The van der Waals surface area contributed by atoms with Crippen molar-refractivity contribution in [2.75, 3.05) is 0 Å². The van der Waals surface area contributed by atoms with Gasteiger partial charge in [-0.25, -0.2) is 9.97 Å². The Morgan fingerprint density at radius 2 is 0.645 bits per heavy atom. The molecule has 364 valence electrons. The summed E-state index contributed by atoms with van der Waals surface area (Å²) in [5.41, 5.74) is 20.4. The molecule has 0 radical (unpaired) electrons. The first kappa shape index (κ1) is 46.4. The van der Waals surface area contributed by atoms with E-state index in [2.05, 4.69) is 258 Å². The highest BCUT2D eigenvalue weighted by Gasteiger charge is 2.20. The van der Waals surface area contributed by atoms with Gasteiger partial charge in [0.1, 0.15) is 11.0 Å². The summed E-state index contributed by atoms with van der Waals surface area (Å²) in [5.74, 6) is 1.34. The molecule has 0 bridgehead atoms. The van der Waals surface area contributed by atoms with Gasteiger partial charge in [0.15, 0.2) is 11.2 Å². The fourth-order valence-electron chi connectivity index (χ4n) is 11.4. The lowest BCUT2D eigenvalue weighted by molar-refractivity contribution is 0.615. The lowest BCUT2D eigenvalue weighted by Gasteiger charge is -2.17. The highest BCUT2D eigenvalue weighted by atomic mass is 16.4. The average Bonchev–Trinajstić information content (AvgIpc) is 4.13. The van der Waals surface area contributed by atoms with Crippen molar-refractivity contribution in [2.24, 2.45) is 0 Å². The van der Waals surface area contributed by atoms with Crippen LogP contribution in [0.25, 0.3) is 133 Å². The highest BCUT2D eigenvalue weighted by Crippen LogP contribution is 2.46. The van der Waals surface area contributed by atoms with Gasteiger partial charge in [0, 0.05) is 11.1 Å². The second-order valence-electron chi connectivity index (χ2n) is 19.8. The van der Waals surface area contributed by atoms with Crippen molar-refractivity contribution >= 4 is 65.3 Å². The first-order chi connectivity index (χ1) is 37.4. The standard InChI is InChI=1S/C37H29NO.C35H25NO/c1-3-24-18-19-25(4-2)36-35(24)38-37(39-36)28-22-20-27(21-23-28)34-31-16-10-8-14-29(31)33(26-12-6-5-7-13-26)30-15-9-11-17-32(30)34;1-22-20-31-32(21-23(22)2)37-35(36-31)26-18-16-25(17-19-26)34-29-14-8-6-12-27(29)33(24-10-4-3-5-11-24)28-13-7-9-15-30(28)34/h5-23H,3-4H2,1-2H3;3-21H,1-2H3. The first-order valence-corrected chi connectivity index (χ1v) is 26.4. The number of nitrogens with zero attached hydrogens (tertiary/aromatic N) is 2. The van der Waals surface area contributed by atoms with Gasteiger partial charge in [0.25, 0.3) is 0 Å². The van der Waals surface area contributed by atoms with Gasteiger partial charge in [-0.3, -0.25) is 0 Å². The van der Waals surface area contributed by atoms with Crippen molar-refractivity contribution < 1.29 is 8.83 Å². The Balaban J connectivity index is 0.000000146. The van der Waals surface area contributed by atoms with Crippen LogP contribution in [0.15, 0.2) is 239 Å². The SMILES string of the molecule is CCc1ccc(CC)c2oc(-c3ccc(-c4c5ccccc5c(-c5ccccc5)c5ccccc45)cc3)nc12.Cc1cc2nc(-c3ccc(-c4c5ccccc5c(-c5ccccc5)c5ccccc45)cc3)oc2cc1C. The summed E-state index contributed by atoms with van der Waals surface area (Å²) < 4.78 is 12.5. The number of fused-ring (bicyclic) bond motifs is 6. The van der Waals surface area contributed by atoms with Crippen molar-refractivity contribution in [3.63, 3.8) is 0 Å². The molecule has 0 saturated carbocycles. The second kappa shape index (κ2) is 19.5. The van der Waals surface area contributed by atoms with Crippen LogP contribution in [0.4, 0.5) is 0 Å². The number of rotatable bonds is 8. The highest BCUT2D eigenvalue weighted by molar-refractivity contribution is 6.22. The molecule has 0 aliphatic rings. The molecule has 0 amide bonds. The van der Waals surface area contributed by atoms with E-state index in [1.54, 1.807) is 0 Å². The Morgan fingerprint density at radius 1 is 0.316 bits per heavy atom. The third kappa shape index (κ3) is 8.11. The quantitative estimate of drug-likeness (QED) is 0.142. The van der Waals surface area contributed by atoms with Crippen LogP contribution in [0, 0.1) is 13.8 Å². The van der Waals surface area contributed by atoms with Gasteiger partial charge in [0.2, 0.25) is 11.8 Å². The number of oxazole rings is 2. The van der Waals surface area contributed by atoms with E-state index in [4.69, 9.17) is 18.8 Å². The maximum Gasteiger partial charge on any atom is 0.227 e. The monoisotopic (exact) mass is 978 g/mol. The van der Waals surface area contributed by atoms with E-state index in [9.17, 15) is 0 Å².